The topological polar surface area (TPSA) is 106 Å². The number of hydrogen-bond acceptors (Lipinski definition) is 6. The van der Waals surface area contributed by atoms with Gasteiger partial charge in [-0.05, 0) is 25.3 Å². The summed E-state index contributed by atoms with van der Waals surface area (Å²) in [6, 6.07) is 3.09. The van der Waals surface area contributed by atoms with Gasteiger partial charge in [-0.15, -0.1) is 0 Å². The minimum Gasteiger partial charge on any atom is -0.356 e. The Bertz CT molecular complexity index is 731. The number of anilines is 1. The molecule has 3 rings (SSSR count). The van der Waals surface area contributed by atoms with E-state index in [9.17, 15) is 14.9 Å². The van der Waals surface area contributed by atoms with Gasteiger partial charge < -0.3 is 14.8 Å². The molecule has 0 saturated carbocycles. The van der Waals surface area contributed by atoms with Gasteiger partial charge in [0.15, 0.2) is 0 Å². The molecule has 2 aromatic rings. The maximum atomic E-state index is 12.4. The molecule has 1 saturated heterocycles. The van der Waals surface area contributed by atoms with E-state index < -0.39 is 4.92 Å². The monoisotopic (exact) mass is 358 g/mol. The van der Waals surface area contributed by atoms with Gasteiger partial charge in [0.2, 0.25) is 5.91 Å². The molecule has 1 aliphatic heterocycles. The second-order valence-corrected chi connectivity index (χ2v) is 6.36. The molecule has 2 aromatic heterocycles. The third-order valence-electron chi connectivity index (χ3n) is 4.51. The molecule has 9 heteroatoms. The van der Waals surface area contributed by atoms with E-state index in [4.69, 9.17) is 0 Å². The van der Waals surface area contributed by atoms with Crippen molar-refractivity contribution in [1.82, 2.24) is 19.9 Å². The van der Waals surface area contributed by atoms with Gasteiger partial charge in [-0.3, -0.25) is 14.9 Å². The molecule has 1 amide bonds. The zero-order valence-electron chi connectivity index (χ0n) is 14.5. The van der Waals surface area contributed by atoms with E-state index in [0.29, 0.717) is 18.9 Å². The number of pyridine rings is 1. The predicted molar refractivity (Wildman–Crippen MR) is 95.7 cm³/mol. The van der Waals surface area contributed by atoms with E-state index >= 15 is 0 Å². The molecule has 0 radical (unpaired) electrons. The largest absolute Gasteiger partial charge is 0.356 e. The van der Waals surface area contributed by atoms with Crippen LogP contribution in [0.15, 0.2) is 37.1 Å². The molecule has 1 aliphatic rings. The molecule has 0 aromatic carbocycles. The van der Waals surface area contributed by atoms with Crippen molar-refractivity contribution >= 4 is 17.4 Å². The molecule has 1 unspecified atom stereocenters. The van der Waals surface area contributed by atoms with E-state index in [2.05, 4.69) is 15.3 Å². The summed E-state index contributed by atoms with van der Waals surface area (Å²) in [7, 11) is 0. The average molecular weight is 358 g/mol. The minimum absolute atomic E-state index is 0.0297. The summed E-state index contributed by atoms with van der Waals surface area (Å²) in [5.41, 5.74) is -0.0297. The number of carbonyl (C=O) groups excluding carboxylic acids is 1. The average Bonchev–Trinajstić information content (AvgIpc) is 3.19. The van der Waals surface area contributed by atoms with Crippen molar-refractivity contribution < 1.29 is 9.72 Å². The van der Waals surface area contributed by atoms with Gasteiger partial charge >= 0.3 is 0 Å². The van der Waals surface area contributed by atoms with E-state index in [1.165, 1.54) is 12.3 Å². The van der Waals surface area contributed by atoms with Crippen LogP contribution in [0, 0.1) is 16.0 Å². The Morgan fingerprint density at radius 2 is 2.31 bits per heavy atom. The molecular formula is C17H22N6O3. The highest BCUT2D eigenvalue weighted by Gasteiger charge is 2.26. The lowest BCUT2D eigenvalue weighted by Gasteiger charge is -2.32. The van der Waals surface area contributed by atoms with Crippen LogP contribution in [-0.2, 0) is 11.3 Å². The van der Waals surface area contributed by atoms with Crippen LogP contribution in [0.4, 0.5) is 11.5 Å². The third kappa shape index (κ3) is 4.56. The second kappa shape index (κ2) is 8.41. The zero-order chi connectivity index (χ0) is 18.4. The number of carbonyl (C=O) groups is 1. The highest BCUT2D eigenvalue weighted by atomic mass is 16.6. The van der Waals surface area contributed by atoms with Crippen LogP contribution >= 0.6 is 0 Å². The van der Waals surface area contributed by atoms with Crippen LogP contribution in [0.2, 0.25) is 0 Å². The maximum Gasteiger partial charge on any atom is 0.287 e. The highest BCUT2D eigenvalue weighted by molar-refractivity contribution is 5.79. The summed E-state index contributed by atoms with van der Waals surface area (Å²) in [4.78, 5) is 32.8. The van der Waals surface area contributed by atoms with Gasteiger partial charge in [0.05, 0.1) is 17.2 Å². The number of aromatic nitrogens is 3. The van der Waals surface area contributed by atoms with Gasteiger partial charge in [0, 0.05) is 44.6 Å². The molecule has 138 valence electrons. The van der Waals surface area contributed by atoms with Crippen LogP contribution in [0.25, 0.3) is 0 Å². The lowest BCUT2D eigenvalue weighted by molar-refractivity contribution is -0.385. The van der Waals surface area contributed by atoms with Crippen molar-refractivity contribution in [2.24, 2.45) is 5.92 Å². The Morgan fingerprint density at radius 3 is 3.00 bits per heavy atom. The van der Waals surface area contributed by atoms with Crippen molar-refractivity contribution in [2.45, 2.75) is 25.8 Å². The number of imidazole rings is 1. The molecule has 0 bridgehead atoms. The first-order chi connectivity index (χ1) is 12.6. The van der Waals surface area contributed by atoms with Crippen molar-refractivity contribution in [3.05, 3.63) is 47.2 Å². The summed E-state index contributed by atoms with van der Waals surface area (Å²) >= 11 is 0. The number of nitro groups is 1. The van der Waals surface area contributed by atoms with Gasteiger partial charge in [-0.2, -0.15) is 0 Å². The summed E-state index contributed by atoms with van der Waals surface area (Å²) in [5, 5.41) is 13.7. The first kappa shape index (κ1) is 17.8. The van der Waals surface area contributed by atoms with E-state index in [1.54, 1.807) is 18.6 Å². The Hall–Kier alpha value is -2.97. The first-order valence-corrected chi connectivity index (χ1v) is 8.72. The minimum atomic E-state index is -0.465. The molecule has 9 nitrogen and oxygen atoms in total. The molecule has 1 atom stereocenters. The Kier molecular flexibility index (Phi) is 5.77. The number of nitrogens with zero attached hydrogens (tertiary/aromatic N) is 5. The number of aryl methyl sites for hydroxylation is 1. The van der Waals surface area contributed by atoms with Gasteiger partial charge in [0.1, 0.15) is 12.0 Å². The predicted octanol–water partition coefficient (Wildman–Crippen LogP) is 1.61. The van der Waals surface area contributed by atoms with E-state index in [0.717, 1.165) is 32.4 Å². The lowest BCUT2D eigenvalue weighted by Crippen LogP contribution is -2.43. The standard InChI is InChI=1S/C17H22N6O3/c24-17(19-6-2-8-21-10-7-18-13-21)14-3-1-9-22(12-14)16-5-4-15(11-20-16)23(25)26/h4-5,7,10-11,13-14H,1-3,6,8-9,12H2,(H,19,24). The van der Waals surface area contributed by atoms with Gasteiger partial charge in [0.25, 0.3) is 5.69 Å². The van der Waals surface area contributed by atoms with Crippen LogP contribution in [0.5, 0.6) is 0 Å². The number of rotatable bonds is 7. The molecular weight excluding hydrogens is 336 g/mol. The highest BCUT2D eigenvalue weighted by Crippen LogP contribution is 2.23. The molecule has 1 fully saturated rings. The normalized spacial score (nSPS) is 17.1. The Labute approximate surface area is 151 Å². The third-order valence-corrected chi connectivity index (χ3v) is 4.51. The first-order valence-electron chi connectivity index (χ1n) is 8.72. The van der Waals surface area contributed by atoms with Gasteiger partial charge in [-0.25, -0.2) is 9.97 Å². The molecule has 1 N–H and O–H groups in total. The summed E-state index contributed by atoms with van der Waals surface area (Å²) in [5.74, 6) is 0.643. The number of piperidine rings is 1. The maximum absolute atomic E-state index is 12.4. The van der Waals surface area contributed by atoms with E-state index in [-0.39, 0.29) is 17.5 Å². The fourth-order valence-corrected chi connectivity index (χ4v) is 3.11. The molecule has 26 heavy (non-hydrogen) atoms. The SMILES string of the molecule is O=C(NCCCn1ccnc1)C1CCCN(c2ccc([N+](=O)[O-])cn2)C1. The molecule has 3 heterocycles. The Morgan fingerprint density at radius 1 is 1.42 bits per heavy atom. The smallest absolute Gasteiger partial charge is 0.287 e. The van der Waals surface area contributed by atoms with Gasteiger partial charge in [-0.1, -0.05) is 0 Å². The van der Waals surface area contributed by atoms with Crippen LogP contribution < -0.4 is 10.2 Å². The van der Waals surface area contributed by atoms with Crippen molar-refractivity contribution in [3.8, 4) is 0 Å². The molecule has 0 aliphatic carbocycles. The lowest BCUT2D eigenvalue weighted by atomic mass is 9.97. The van der Waals surface area contributed by atoms with Crippen molar-refractivity contribution in [1.29, 1.82) is 0 Å². The number of nitrogens with one attached hydrogen (secondary N) is 1. The Balaban J connectivity index is 1.47. The second-order valence-electron chi connectivity index (χ2n) is 6.36. The van der Waals surface area contributed by atoms with Crippen LogP contribution in [-0.4, -0.2) is 45.0 Å². The van der Waals surface area contributed by atoms with Crippen molar-refractivity contribution in [3.63, 3.8) is 0 Å². The molecule has 0 spiro atoms. The number of amides is 1. The quantitative estimate of drug-likeness (QED) is 0.458. The summed E-state index contributed by atoms with van der Waals surface area (Å²) in [6.07, 6.45) is 9.25. The van der Waals surface area contributed by atoms with Crippen LogP contribution in [0.3, 0.4) is 0 Å². The fraction of sp³-hybridized carbons (Fsp3) is 0.471. The van der Waals surface area contributed by atoms with E-state index in [1.807, 2.05) is 15.7 Å². The van der Waals surface area contributed by atoms with Crippen molar-refractivity contribution in [2.75, 3.05) is 24.5 Å². The zero-order valence-corrected chi connectivity index (χ0v) is 14.5. The fourth-order valence-electron chi connectivity index (χ4n) is 3.11. The van der Waals surface area contributed by atoms with Crippen LogP contribution in [0.1, 0.15) is 19.3 Å². The summed E-state index contributed by atoms with van der Waals surface area (Å²) < 4.78 is 1.98. The number of hydrogen-bond donors (Lipinski definition) is 1. The summed E-state index contributed by atoms with van der Waals surface area (Å²) in [6.45, 7) is 2.83.